The van der Waals surface area contributed by atoms with Crippen molar-refractivity contribution in [2.24, 2.45) is 5.16 Å². The van der Waals surface area contributed by atoms with Gasteiger partial charge in [0.1, 0.15) is 5.69 Å². The highest BCUT2D eigenvalue weighted by atomic mass is 35.5. The zero-order chi connectivity index (χ0) is 18.0. The topological polar surface area (TPSA) is 112 Å². The van der Waals surface area contributed by atoms with Gasteiger partial charge in [-0.2, -0.15) is 4.42 Å². The van der Waals surface area contributed by atoms with Gasteiger partial charge in [-0.15, -0.1) is 0 Å². The zero-order valence-corrected chi connectivity index (χ0v) is 13.5. The van der Waals surface area contributed by atoms with Gasteiger partial charge in [0.2, 0.25) is 11.8 Å². The molecule has 2 aliphatic heterocycles. The number of carbonyl (C=O) groups is 3. The van der Waals surface area contributed by atoms with Crippen LogP contribution in [0.4, 0.5) is 0 Å². The van der Waals surface area contributed by atoms with Crippen molar-refractivity contribution in [1.29, 1.82) is 0 Å². The summed E-state index contributed by atoms with van der Waals surface area (Å²) >= 11 is 5.15. The number of imide groups is 1. The standard InChI is InChI=1S/C12H8N2O3.C4H4ClNO2/c15-12(16)10-6-8-7-2-1-5-13-17-11(7)4-3-9(8)14-10;5-6-3(7)1-2-4(6)8/h1-6,14H,(H,15,16);1-2H2. The average Bonchev–Trinajstić information content (AvgIpc) is 3.05. The highest BCUT2D eigenvalue weighted by Crippen LogP contribution is 2.30. The molecule has 0 aliphatic carbocycles. The molecule has 0 unspecified atom stereocenters. The van der Waals surface area contributed by atoms with Crippen LogP contribution in [-0.4, -0.2) is 38.5 Å². The number of halogens is 1. The summed E-state index contributed by atoms with van der Waals surface area (Å²) in [6.45, 7) is 0. The number of carboxylic acid groups (broad SMARTS) is 1. The van der Waals surface area contributed by atoms with E-state index in [1.165, 1.54) is 6.21 Å². The number of aromatic nitrogens is 1. The van der Waals surface area contributed by atoms with E-state index in [1.54, 1.807) is 24.3 Å². The van der Waals surface area contributed by atoms with Crippen LogP contribution in [0.3, 0.4) is 0 Å². The molecular formula is C16H12ClN3O5. The first-order valence-electron chi connectivity index (χ1n) is 7.25. The zero-order valence-electron chi connectivity index (χ0n) is 12.7. The second kappa shape index (κ2) is 6.78. The monoisotopic (exact) mass is 361 g/mol. The van der Waals surface area contributed by atoms with Crippen LogP contribution in [0.15, 0.2) is 29.4 Å². The lowest BCUT2D eigenvalue weighted by Gasteiger charge is -2.02. The highest BCUT2D eigenvalue weighted by Gasteiger charge is 2.26. The normalized spacial score (nSPS) is 15.5. The van der Waals surface area contributed by atoms with Gasteiger partial charge in [0.25, 0.3) is 0 Å². The number of aromatic carboxylic acids is 1. The highest BCUT2D eigenvalue weighted by molar-refractivity contribution is 6.32. The summed E-state index contributed by atoms with van der Waals surface area (Å²) in [5.74, 6) is -0.962. The Kier molecular flexibility index (Phi) is 4.53. The summed E-state index contributed by atoms with van der Waals surface area (Å²) < 4.78 is 0.639. The molecule has 0 spiro atoms. The molecule has 2 amide bonds. The van der Waals surface area contributed by atoms with E-state index in [-0.39, 0.29) is 30.3 Å². The second-order valence-electron chi connectivity index (χ2n) is 5.20. The summed E-state index contributed by atoms with van der Waals surface area (Å²) in [7, 11) is 0. The number of carboxylic acids is 1. The smallest absolute Gasteiger partial charge is 0.352 e. The van der Waals surface area contributed by atoms with Gasteiger partial charge < -0.3 is 14.9 Å². The summed E-state index contributed by atoms with van der Waals surface area (Å²) in [5, 5.41) is 13.5. The van der Waals surface area contributed by atoms with Crippen molar-refractivity contribution >= 4 is 52.8 Å². The van der Waals surface area contributed by atoms with Crippen LogP contribution >= 0.6 is 11.8 Å². The molecule has 2 aliphatic rings. The van der Waals surface area contributed by atoms with Gasteiger partial charge >= 0.3 is 5.97 Å². The van der Waals surface area contributed by atoms with Gasteiger partial charge in [0, 0.05) is 41.1 Å². The first-order chi connectivity index (χ1) is 12.0. The lowest BCUT2D eigenvalue weighted by molar-refractivity contribution is -0.132. The minimum atomic E-state index is -0.982. The second-order valence-corrected chi connectivity index (χ2v) is 5.54. The van der Waals surface area contributed by atoms with Crippen molar-refractivity contribution in [3.8, 4) is 5.75 Å². The predicted octanol–water partition coefficient (Wildman–Crippen LogP) is 2.55. The Morgan fingerprint density at radius 3 is 2.60 bits per heavy atom. The van der Waals surface area contributed by atoms with Crippen LogP contribution < -0.4 is 4.84 Å². The number of aromatic amines is 1. The van der Waals surface area contributed by atoms with Crippen LogP contribution in [0.5, 0.6) is 5.75 Å². The van der Waals surface area contributed by atoms with E-state index >= 15 is 0 Å². The molecule has 4 rings (SSSR count). The molecule has 0 bridgehead atoms. The molecule has 3 heterocycles. The summed E-state index contributed by atoms with van der Waals surface area (Å²) in [5.41, 5.74) is 1.74. The minimum absolute atomic E-state index is 0.159. The van der Waals surface area contributed by atoms with Gasteiger partial charge in [-0.05, 0) is 30.4 Å². The Labute approximate surface area is 146 Å². The first-order valence-corrected chi connectivity index (χ1v) is 7.59. The van der Waals surface area contributed by atoms with E-state index in [4.69, 9.17) is 21.7 Å². The van der Waals surface area contributed by atoms with Gasteiger partial charge in [-0.3, -0.25) is 9.59 Å². The van der Waals surface area contributed by atoms with Gasteiger partial charge in [0.05, 0.1) is 6.21 Å². The molecule has 25 heavy (non-hydrogen) atoms. The third-order valence-electron chi connectivity index (χ3n) is 3.59. The minimum Gasteiger partial charge on any atom is -0.477 e. The molecule has 2 aromatic rings. The Hall–Kier alpha value is -3.13. The van der Waals surface area contributed by atoms with Crippen LogP contribution in [0, 0.1) is 0 Å². The molecule has 1 fully saturated rings. The van der Waals surface area contributed by atoms with Crippen LogP contribution in [0.25, 0.3) is 17.0 Å². The van der Waals surface area contributed by atoms with E-state index in [0.29, 0.717) is 10.2 Å². The van der Waals surface area contributed by atoms with Crippen LogP contribution in [0.1, 0.15) is 28.9 Å². The fourth-order valence-electron chi connectivity index (χ4n) is 2.38. The predicted molar refractivity (Wildman–Crippen MR) is 90.4 cm³/mol. The SMILES string of the molecule is O=C(O)c1cc2c3c(ccc2[nH]1)ON=CC=C3.O=C1CCC(=O)N1Cl. The van der Waals surface area contributed by atoms with Gasteiger partial charge in [0.15, 0.2) is 5.75 Å². The average molecular weight is 362 g/mol. The molecule has 0 atom stereocenters. The fourth-order valence-corrected chi connectivity index (χ4v) is 2.55. The molecule has 8 nitrogen and oxygen atoms in total. The van der Waals surface area contributed by atoms with Crippen molar-refractivity contribution in [3.05, 3.63) is 35.5 Å². The van der Waals surface area contributed by atoms with Crippen molar-refractivity contribution < 1.29 is 24.3 Å². The molecule has 0 radical (unpaired) electrons. The van der Waals surface area contributed by atoms with E-state index in [2.05, 4.69) is 10.1 Å². The number of nitrogens with one attached hydrogen (secondary N) is 1. The van der Waals surface area contributed by atoms with E-state index in [1.807, 2.05) is 6.08 Å². The summed E-state index contributed by atoms with van der Waals surface area (Å²) in [6, 6.07) is 5.12. The number of hydrogen-bond donors (Lipinski definition) is 2. The number of amides is 2. The van der Waals surface area contributed by atoms with Crippen molar-refractivity contribution in [2.75, 3.05) is 0 Å². The quantitative estimate of drug-likeness (QED) is 0.598. The molecule has 128 valence electrons. The first kappa shape index (κ1) is 16.7. The summed E-state index contributed by atoms with van der Waals surface area (Å²) in [4.78, 5) is 39.6. The molecule has 1 aromatic heterocycles. The molecule has 1 saturated heterocycles. The third kappa shape index (κ3) is 3.38. The number of benzene rings is 1. The molecule has 2 N–H and O–H groups in total. The van der Waals surface area contributed by atoms with E-state index in [9.17, 15) is 14.4 Å². The van der Waals surface area contributed by atoms with Crippen LogP contribution in [-0.2, 0) is 9.59 Å². The number of fused-ring (bicyclic) bond motifs is 3. The Morgan fingerprint density at radius 2 is 2.00 bits per heavy atom. The molecule has 0 saturated carbocycles. The molecular weight excluding hydrogens is 350 g/mol. The van der Waals surface area contributed by atoms with E-state index in [0.717, 1.165) is 16.5 Å². The van der Waals surface area contributed by atoms with Crippen molar-refractivity contribution in [2.45, 2.75) is 12.8 Å². The maximum atomic E-state index is 10.9. The number of oxime groups is 1. The van der Waals surface area contributed by atoms with Gasteiger partial charge in [-0.25, -0.2) is 4.79 Å². The number of carbonyl (C=O) groups excluding carboxylic acids is 2. The maximum Gasteiger partial charge on any atom is 0.352 e. The Bertz CT molecular complexity index is 915. The number of hydrogen-bond acceptors (Lipinski definition) is 5. The van der Waals surface area contributed by atoms with Crippen LogP contribution in [0.2, 0.25) is 0 Å². The van der Waals surface area contributed by atoms with Crippen molar-refractivity contribution in [1.82, 2.24) is 9.40 Å². The molecule has 9 heteroatoms. The number of nitrogens with zero attached hydrogens (tertiary/aromatic N) is 2. The molecule has 1 aromatic carbocycles. The van der Waals surface area contributed by atoms with E-state index < -0.39 is 5.97 Å². The van der Waals surface area contributed by atoms with Crippen molar-refractivity contribution in [3.63, 3.8) is 0 Å². The Balaban J connectivity index is 0.000000192. The lowest BCUT2D eigenvalue weighted by Crippen LogP contribution is -2.16. The number of allylic oxidation sites excluding steroid dienone is 1. The van der Waals surface area contributed by atoms with Gasteiger partial charge in [-0.1, -0.05) is 5.16 Å². The largest absolute Gasteiger partial charge is 0.477 e. The third-order valence-corrected chi connectivity index (χ3v) is 3.96. The lowest BCUT2D eigenvalue weighted by atomic mass is 10.1. The fraction of sp³-hybridized carbons (Fsp3) is 0.125. The maximum absolute atomic E-state index is 10.9. The summed E-state index contributed by atoms with van der Waals surface area (Å²) in [6.07, 6.45) is 5.66. The Morgan fingerprint density at radius 1 is 1.28 bits per heavy atom. The number of rotatable bonds is 1. The number of H-pyrrole nitrogens is 1.